The number of pyridine rings is 1. The molecule has 1 aliphatic rings. The van der Waals surface area contributed by atoms with E-state index in [0.717, 1.165) is 30.7 Å². The van der Waals surface area contributed by atoms with E-state index in [1.807, 2.05) is 11.4 Å². The molecule has 0 aliphatic carbocycles. The van der Waals surface area contributed by atoms with Crippen LogP contribution in [0.15, 0.2) is 30.5 Å². The molecule has 4 nitrogen and oxygen atoms in total. The molecule has 38 heavy (non-hydrogen) atoms. The Bertz CT molecular complexity index is 1280. The molecule has 0 saturated carbocycles. The van der Waals surface area contributed by atoms with Gasteiger partial charge in [-0.25, -0.2) is 9.50 Å². The Morgan fingerprint density at radius 3 is 2.34 bits per heavy atom. The van der Waals surface area contributed by atoms with Crippen LogP contribution in [-0.2, 0) is 6.42 Å². The van der Waals surface area contributed by atoms with Gasteiger partial charge in [0.2, 0.25) is 0 Å². The van der Waals surface area contributed by atoms with E-state index in [4.69, 9.17) is 0 Å². The van der Waals surface area contributed by atoms with E-state index in [1.165, 1.54) is 71.4 Å². The number of fused-ring (bicyclic) bond motifs is 1. The lowest BCUT2D eigenvalue weighted by atomic mass is 9.80. The van der Waals surface area contributed by atoms with Crippen LogP contribution in [0.1, 0.15) is 114 Å². The SMILES string of the molecule is CCC/C(=C(\c1cc(C2CCN(CC(C)(C)C)CC2)ccc1C)C(C)C)c1cn2nc(C)nc2cc1CC. The summed E-state index contributed by atoms with van der Waals surface area (Å²) in [6, 6.07) is 9.58. The summed E-state index contributed by atoms with van der Waals surface area (Å²) in [6.45, 7) is 24.2. The molecule has 1 saturated heterocycles. The van der Waals surface area contributed by atoms with Crippen LogP contribution >= 0.6 is 0 Å². The molecule has 1 aromatic carbocycles. The van der Waals surface area contributed by atoms with Crippen LogP contribution < -0.4 is 0 Å². The minimum absolute atomic E-state index is 0.363. The van der Waals surface area contributed by atoms with Crippen molar-refractivity contribution >= 4 is 16.8 Å². The fourth-order valence-electron chi connectivity index (χ4n) is 6.41. The van der Waals surface area contributed by atoms with Crippen molar-refractivity contribution in [1.82, 2.24) is 19.5 Å². The van der Waals surface area contributed by atoms with Crippen molar-refractivity contribution in [3.8, 4) is 0 Å². The van der Waals surface area contributed by atoms with E-state index >= 15 is 0 Å². The zero-order chi connectivity index (χ0) is 27.6. The molecule has 0 unspecified atom stereocenters. The maximum Gasteiger partial charge on any atom is 0.155 e. The normalized spacial score (nSPS) is 16.5. The molecule has 0 amide bonds. The summed E-state index contributed by atoms with van der Waals surface area (Å²) in [5.41, 5.74) is 11.3. The van der Waals surface area contributed by atoms with E-state index in [2.05, 4.69) is 101 Å². The van der Waals surface area contributed by atoms with E-state index in [9.17, 15) is 0 Å². The van der Waals surface area contributed by atoms with Gasteiger partial charge in [0, 0.05) is 12.7 Å². The maximum absolute atomic E-state index is 4.67. The lowest BCUT2D eigenvalue weighted by Crippen LogP contribution is -2.38. The molecular weight excluding hydrogens is 464 g/mol. The molecule has 206 valence electrons. The first-order chi connectivity index (χ1) is 18.0. The third-order valence-corrected chi connectivity index (χ3v) is 8.08. The van der Waals surface area contributed by atoms with Crippen LogP contribution in [0, 0.1) is 25.2 Å². The van der Waals surface area contributed by atoms with Crippen molar-refractivity contribution in [1.29, 1.82) is 0 Å². The van der Waals surface area contributed by atoms with Gasteiger partial charge in [0.25, 0.3) is 0 Å². The summed E-state index contributed by atoms with van der Waals surface area (Å²) in [7, 11) is 0. The molecule has 1 fully saturated rings. The highest BCUT2D eigenvalue weighted by Crippen LogP contribution is 2.40. The van der Waals surface area contributed by atoms with Crippen LogP contribution in [0.5, 0.6) is 0 Å². The topological polar surface area (TPSA) is 33.4 Å². The molecule has 3 heterocycles. The van der Waals surface area contributed by atoms with Gasteiger partial charge in [0.05, 0.1) is 0 Å². The van der Waals surface area contributed by atoms with Crippen LogP contribution in [0.25, 0.3) is 16.8 Å². The van der Waals surface area contributed by atoms with Gasteiger partial charge in [-0.2, -0.15) is 5.10 Å². The number of aromatic nitrogens is 3. The number of benzene rings is 1. The molecule has 4 rings (SSSR count). The van der Waals surface area contributed by atoms with Gasteiger partial charge in [0.1, 0.15) is 5.82 Å². The van der Waals surface area contributed by atoms with Gasteiger partial charge >= 0.3 is 0 Å². The highest BCUT2D eigenvalue weighted by atomic mass is 15.3. The van der Waals surface area contributed by atoms with Gasteiger partial charge in [-0.05, 0) is 115 Å². The quantitative estimate of drug-likeness (QED) is 0.302. The first kappa shape index (κ1) is 28.5. The van der Waals surface area contributed by atoms with Crippen molar-refractivity contribution in [3.05, 3.63) is 64.1 Å². The fourth-order valence-corrected chi connectivity index (χ4v) is 6.41. The van der Waals surface area contributed by atoms with Crippen LogP contribution in [0.4, 0.5) is 0 Å². The molecule has 0 N–H and O–H groups in total. The summed E-state index contributed by atoms with van der Waals surface area (Å²) in [5, 5.41) is 4.67. The molecular formula is C34H50N4. The number of allylic oxidation sites excluding steroid dienone is 2. The monoisotopic (exact) mass is 514 g/mol. The van der Waals surface area contributed by atoms with Gasteiger partial charge in [-0.3, -0.25) is 0 Å². The number of nitrogens with zero attached hydrogens (tertiary/aromatic N) is 4. The van der Waals surface area contributed by atoms with Crippen LogP contribution in [0.3, 0.4) is 0 Å². The first-order valence-electron chi connectivity index (χ1n) is 14.9. The van der Waals surface area contributed by atoms with Crippen molar-refractivity contribution in [2.45, 2.75) is 100 Å². The summed E-state index contributed by atoms with van der Waals surface area (Å²) in [5.74, 6) is 1.90. The lowest BCUT2D eigenvalue weighted by molar-refractivity contribution is 0.154. The predicted octanol–water partition coefficient (Wildman–Crippen LogP) is 8.50. The number of likely N-dealkylation sites (tertiary alicyclic amines) is 1. The Kier molecular flexibility index (Phi) is 8.82. The Morgan fingerprint density at radius 1 is 1.03 bits per heavy atom. The number of rotatable bonds is 8. The Morgan fingerprint density at radius 2 is 1.74 bits per heavy atom. The van der Waals surface area contributed by atoms with Crippen LogP contribution in [0.2, 0.25) is 0 Å². The van der Waals surface area contributed by atoms with Crippen molar-refractivity contribution in [2.24, 2.45) is 11.3 Å². The summed E-state index contributed by atoms with van der Waals surface area (Å²) >= 11 is 0. The smallest absolute Gasteiger partial charge is 0.155 e. The molecule has 4 heteroatoms. The third-order valence-electron chi connectivity index (χ3n) is 8.08. The van der Waals surface area contributed by atoms with Crippen molar-refractivity contribution < 1.29 is 0 Å². The summed E-state index contributed by atoms with van der Waals surface area (Å²) < 4.78 is 1.98. The average molecular weight is 515 g/mol. The molecule has 0 atom stereocenters. The standard InChI is InChI=1S/C34H50N4/c1-10-12-29(31-21-38-32(20-26(31)11-2)35-25(6)36-38)33(23(3)4)30-19-28(14-13-24(30)5)27-15-17-37(18-16-27)22-34(7,8)9/h13-14,19-21,23,27H,10-12,15-18,22H2,1-9H3/b33-29+. The second-order valence-electron chi connectivity index (χ2n) is 13.0. The molecule has 1 aliphatic heterocycles. The Labute approximate surface area is 231 Å². The highest BCUT2D eigenvalue weighted by Gasteiger charge is 2.25. The Balaban J connectivity index is 1.78. The second-order valence-corrected chi connectivity index (χ2v) is 13.0. The minimum Gasteiger partial charge on any atom is -0.303 e. The fraction of sp³-hybridized carbons (Fsp3) is 0.588. The van der Waals surface area contributed by atoms with Crippen molar-refractivity contribution in [2.75, 3.05) is 19.6 Å². The molecule has 0 bridgehead atoms. The van der Waals surface area contributed by atoms with Gasteiger partial charge in [0.15, 0.2) is 5.65 Å². The summed E-state index contributed by atoms with van der Waals surface area (Å²) in [6.07, 6.45) is 7.92. The van der Waals surface area contributed by atoms with E-state index in [0.29, 0.717) is 17.3 Å². The van der Waals surface area contributed by atoms with Gasteiger partial charge < -0.3 is 4.90 Å². The van der Waals surface area contributed by atoms with E-state index in [-0.39, 0.29) is 0 Å². The third kappa shape index (κ3) is 6.39. The van der Waals surface area contributed by atoms with Crippen LogP contribution in [-0.4, -0.2) is 39.1 Å². The van der Waals surface area contributed by atoms with Gasteiger partial charge in [-0.15, -0.1) is 0 Å². The number of hydrogen-bond donors (Lipinski definition) is 0. The molecule has 0 spiro atoms. The highest BCUT2D eigenvalue weighted by molar-refractivity contribution is 5.93. The van der Waals surface area contributed by atoms with Crippen molar-refractivity contribution in [3.63, 3.8) is 0 Å². The number of piperidine rings is 1. The first-order valence-corrected chi connectivity index (χ1v) is 14.9. The number of hydrogen-bond acceptors (Lipinski definition) is 3. The second kappa shape index (κ2) is 11.7. The lowest BCUT2D eigenvalue weighted by Gasteiger charge is -2.36. The zero-order valence-corrected chi connectivity index (χ0v) is 25.5. The molecule has 2 aromatic heterocycles. The molecule has 3 aromatic rings. The van der Waals surface area contributed by atoms with E-state index in [1.54, 1.807) is 0 Å². The average Bonchev–Trinajstić information content (AvgIpc) is 3.22. The maximum atomic E-state index is 4.67. The number of aryl methyl sites for hydroxylation is 3. The predicted molar refractivity (Wildman–Crippen MR) is 163 cm³/mol. The van der Waals surface area contributed by atoms with E-state index < -0.39 is 0 Å². The zero-order valence-electron chi connectivity index (χ0n) is 25.5. The van der Waals surface area contributed by atoms with Gasteiger partial charge in [-0.1, -0.05) is 73.1 Å². The Hall–Kier alpha value is -2.46. The minimum atomic E-state index is 0.363. The largest absolute Gasteiger partial charge is 0.303 e. The molecule has 0 radical (unpaired) electrons. The summed E-state index contributed by atoms with van der Waals surface area (Å²) in [4.78, 5) is 7.31.